The van der Waals surface area contributed by atoms with Crippen LogP contribution in [0.15, 0.2) is 61.2 Å². The minimum Gasteiger partial charge on any atom is -0.394 e. The third-order valence-electron chi connectivity index (χ3n) is 5.54. The first-order valence-corrected chi connectivity index (χ1v) is 12.8. The Kier molecular flexibility index (Phi) is 9.81. The minimum absolute atomic E-state index is 0.860. The first kappa shape index (κ1) is 23.6. The lowest BCUT2D eigenvalue weighted by Crippen LogP contribution is -2.60. The number of benzene rings is 2. The zero-order valence-corrected chi connectivity index (χ0v) is 19.6. The molecule has 0 fully saturated rings. The van der Waals surface area contributed by atoms with Gasteiger partial charge in [-0.1, -0.05) is 87.9 Å². The first-order chi connectivity index (χ1) is 14.1. The van der Waals surface area contributed by atoms with Crippen molar-refractivity contribution in [1.29, 1.82) is 0 Å². The van der Waals surface area contributed by atoms with Gasteiger partial charge in [0.2, 0.25) is 0 Å². The molecule has 3 nitrogen and oxygen atoms in total. The molecule has 0 amide bonds. The second kappa shape index (κ2) is 12.1. The average Bonchev–Trinajstić information content (AvgIpc) is 2.79. The molecule has 158 valence electrons. The van der Waals surface area contributed by atoms with Gasteiger partial charge in [0.15, 0.2) is 0 Å². The fraction of sp³-hybridized carbons (Fsp3) is 0.440. The van der Waals surface area contributed by atoms with Crippen molar-refractivity contribution in [2.24, 2.45) is 0 Å². The molecule has 0 heterocycles. The van der Waals surface area contributed by atoms with Crippen molar-refractivity contribution in [2.75, 3.05) is 33.5 Å². The predicted octanol–water partition coefficient (Wildman–Crippen LogP) is 5.13. The van der Waals surface area contributed by atoms with E-state index in [-0.39, 0.29) is 0 Å². The summed E-state index contributed by atoms with van der Waals surface area (Å²) >= 11 is 0. The van der Waals surface area contributed by atoms with Gasteiger partial charge >= 0.3 is 8.56 Å². The summed E-state index contributed by atoms with van der Waals surface area (Å²) in [6, 6.07) is 18.9. The summed E-state index contributed by atoms with van der Waals surface area (Å²) in [5, 5.41) is 1.17. The van der Waals surface area contributed by atoms with E-state index >= 15 is 0 Å². The molecule has 2 rings (SSSR count). The zero-order chi connectivity index (χ0) is 21.1. The van der Waals surface area contributed by atoms with Crippen molar-refractivity contribution in [3.05, 3.63) is 72.3 Å². The lowest BCUT2D eigenvalue weighted by molar-refractivity contribution is 0.211. The van der Waals surface area contributed by atoms with Crippen molar-refractivity contribution in [2.45, 2.75) is 39.5 Å². The van der Waals surface area contributed by atoms with Crippen LogP contribution in [0.5, 0.6) is 0 Å². The molecule has 0 N–H and O–H groups in total. The first-order valence-electron chi connectivity index (χ1n) is 10.8. The molecule has 0 unspecified atom stereocenters. The molecule has 0 radical (unpaired) electrons. The SMILES string of the molecule is C=C(c1ccccc1)c1ccc([Si](CN(CCCC)CCCC)(OC)OC)cc1. The van der Waals surface area contributed by atoms with Crippen LogP contribution in [-0.4, -0.2) is 46.9 Å². The lowest BCUT2D eigenvalue weighted by Gasteiger charge is -2.34. The molecule has 0 aliphatic heterocycles. The second-order valence-corrected chi connectivity index (χ2v) is 10.8. The molecule has 2 aromatic rings. The second-order valence-electron chi connectivity index (χ2n) is 7.57. The average molecular weight is 412 g/mol. The highest BCUT2D eigenvalue weighted by Crippen LogP contribution is 2.21. The summed E-state index contributed by atoms with van der Waals surface area (Å²) in [6.07, 6.45) is 5.68. The molecule has 29 heavy (non-hydrogen) atoms. The van der Waals surface area contributed by atoms with Gasteiger partial charge in [-0.3, -0.25) is 0 Å². The highest BCUT2D eigenvalue weighted by Gasteiger charge is 2.40. The van der Waals surface area contributed by atoms with Crippen LogP contribution in [0, 0.1) is 0 Å². The molecule has 0 saturated carbocycles. The fourth-order valence-corrected chi connectivity index (χ4v) is 6.26. The molecule has 0 saturated heterocycles. The summed E-state index contributed by atoms with van der Waals surface area (Å²) in [6.45, 7) is 11.0. The lowest BCUT2D eigenvalue weighted by atomic mass is 10.00. The smallest absolute Gasteiger partial charge is 0.386 e. The summed E-state index contributed by atoms with van der Waals surface area (Å²) in [5.41, 5.74) is 3.31. The van der Waals surface area contributed by atoms with E-state index in [1.54, 1.807) is 14.2 Å². The van der Waals surface area contributed by atoms with Crippen molar-refractivity contribution >= 4 is 19.3 Å². The molecule has 2 aromatic carbocycles. The third kappa shape index (κ3) is 6.38. The van der Waals surface area contributed by atoms with Crippen LogP contribution in [0.1, 0.15) is 50.7 Å². The molecule has 0 aliphatic carbocycles. The van der Waals surface area contributed by atoms with E-state index in [0.717, 1.165) is 36.0 Å². The molecular weight excluding hydrogens is 374 g/mol. The van der Waals surface area contributed by atoms with Gasteiger partial charge in [0.1, 0.15) is 0 Å². The van der Waals surface area contributed by atoms with Crippen molar-refractivity contribution < 1.29 is 8.85 Å². The van der Waals surface area contributed by atoms with Crippen molar-refractivity contribution in [3.63, 3.8) is 0 Å². The van der Waals surface area contributed by atoms with Gasteiger partial charge < -0.3 is 13.8 Å². The Balaban J connectivity index is 2.22. The summed E-state index contributed by atoms with van der Waals surface area (Å²) in [4.78, 5) is 2.53. The quantitative estimate of drug-likeness (QED) is 0.426. The standard InChI is InChI=1S/C25H37NO2Si/c1-6-8-19-26(20-9-7-2)21-29(27-4,28-5)25-17-15-24(16-18-25)22(3)23-13-11-10-12-14-23/h10-18H,3,6-9,19-21H2,1-2,4-5H3. The monoisotopic (exact) mass is 411 g/mol. The van der Waals surface area contributed by atoms with E-state index in [0.29, 0.717) is 0 Å². The number of hydrogen-bond donors (Lipinski definition) is 0. The van der Waals surface area contributed by atoms with E-state index in [1.807, 2.05) is 18.2 Å². The largest absolute Gasteiger partial charge is 0.394 e. The normalized spacial score (nSPS) is 11.8. The van der Waals surface area contributed by atoms with Gasteiger partial charge in [0.25, 0.3) is 0 Å². The third-order valence-corrected chi connectivity index (χ3v) is 8.94. The molecule has 0 aromatic heterocycles. The number of rotatable bonds is 13. The molecule has 0 aliphatic rings. The Bertz CT molecular complexity index is 718. The molecule has 0 atom stereocenters. The van der Waals surface area contributed by atoms with Gasteiger partial charge in [0, 0.05) is 20.4 Å². The summed E-state index contributed by atoms with van der Waals surface area (Å²) in [5.74, 6) is 0. The fourth-order valence-electron chi connectivity index (χ4n) is 3.60. The van der Waals surface area contributed by atoms with E-state index in [2.05, 4.69) is 61.7 Å². The van der Waals surface area contributed by atoms with Gasteiger partial charge in [-0.15, -0.1) is 0 Å². The number of nitrogens with zero attached hydrogens (tertiary/aromatic N) is 1. The van der Waals surface area contributed by atoms with Gasteiger partial charge in [-0.25, -0.2) is 0 Å². The number of hydrogen-bond acceptors (Lipinski definition) is 3. The predicted molar refractivity (Wildman–Crippen MR) is 127 cm³/mol. The van der Waals surface area contributed by atoms with E-state index in [1.165, 1.54) is 30.9 Å². The Labute approximate surface area is 178 Å². The molecule has 4 heteroatoms. The summed E-state index contributed by atoms with van der Waals surface area (Å²) in [7, 11) is 1.07. The Morgan fingerprint density at radius 2 is 1.34 bits per heavy atom. The Morgan fingerprint density at radius 3 is 1.83 bits per heavy atom. The zero-order valence-electron chi connectivity index (χ0n) is 18.6. The van der Waals surface area contributed by atoms with Crippen LogP contribution in [0.2, 0.25) is 0 Å². The highest BCUT2D eigenvalue weighted by molar-refractivity contribution is 6.81. The molecule has 0 spiro atoms. The van der Waals surface area contributed by atoms with Crippen LogP contribution >= 0.6 is 0 Å². The maximum absolute atomic E-state index is 6.10. The topological polar surface area (TPSA) is 21.7 Å². The van der Waals surface area contributed by atoms with E-state index in [4.69, 9.17) is 8.85 Å². The van der Waals surface area contributed by atoms with Crippen LogP contribution in [0.3, 0.4) is 0 Å². The van der Waals surface area contributed by atoms with E-state index < -0.39 is 8.56 Å². The van der Waals surface area contributed by atoms with Gasteiger partial charge in [-0.05, 0) is 47.8 Å². The minimum atomic E-state index is -2.52. The van der Waals surface area contributed by atoms with Crippen LogP contribution in [-0.2, 0) is 8.85 Å². The Hall–Kier alpha value is -1.72. The van der Waals surface area contributed by atoms with Crippen molar-refractivity contribution in [1.82, 2.24) is 4.90 Å². The molecular formula is C25H37NO2Si. The van der Waals surface area contributed by atoms with Gasteiger partial charge in [0.05, 0.1) is 0 Å². The maximum atomic E-state index is 6.10. The molecule has 0 bridgehead atoms. The van der Waals surface area contributed by atoms with Gasteiger partial charge in [-0.2, -0.15) is 0 Å². The van der Waals surface area contributed by atoms with Crippen LogP contribution in [0.25, 0.3) is 5.57 Å². The number of unbranched alkanes of at least 4 members (excludes halogenated alkanes) is 2. The Morgan fingerprint density at radius 1 is 0.828 bits per heavy atom. The maximum Gasteiger partial charge on any atom is 0.386 e. The van der Waals surface area contributed by atoms with Crippen LogP contribution in [0.4, 0.5) is 0 Å². The van der Waals surface area contributed by atoms with E-state index in [9.17, 15) is 0 Å². The van der Waals surface area contributed by atoms with Crippen LogP contribution < -0.4 is 5.19 Å². The van der Waals surface area contributed by atoms with Crippen molar-refractivity contribution in [3.8, 4) is 0 Å². The summed E-state index contributed by atoms with van der Waals surface area (Å²) < 4.78 is 12.2. The highest BCUT2D eigenvalue weighted by atomic mass is 28.4.